The first-order valence-electron chi connectivity index (χ1n) is 7.68. The Bertz CT molecular complexity index is 717. The van der Waals surface area contributed by atoms with Gasteiger partial charge in [0.25, 0.3) is 0 Å². The van der Waals surface area contributed by atoms with Crippen LogP contribution >= 0.6 is 0 Å². The van der Waals surface area contributed by atoms with Gasteiger partial charge in [0.05, 0.1) is 26.5 Å². The van der Waals surface area contributed by atoms with Gasteiger partial charge in [0.2, 0.25) is 0 Å². The summed E-state index contributed by atoms with van der Waals surface area (Å²) in [5, 5.41) is 5.63. The van der Waals surface area contributed by atoms with Crippen LogP contribution < -0.4 is 20.1 Å². The van der Waals surface area contributed by atoms with Gasteiger partial charge in [-0.25, -0.2) is 4.79 Å². The first-order chi connectivity index (χ1) is 11.5. The highest BCUT2D eigenvalue weighted by Gasteiger charge is 2.10. The molecule has 0 bridgehead atoms. The van der Waals surface area contributed by atoms with E-state index in [0.29, 0.717) is 13.1 Å². The smallest absolute Gasteiger partial charge is 0.315 e. The van der Waals surface area contributed by atoms with Crippen molar-refractivity contribution in [2.45, 2.75) is 26.9 Å². The Morgan fingerprint density at radius 2 is 1.88 bits per heavy atom. The first kappa shape index (κ1) is 17.6. The quantitative estimate of drug-likeness (QED) is 0.855. The molecule has 0 aliphatic carbocycles. The Morgan fingerprint density at radius 1 is 1.12 bits per heavy atom. The van der Waals surface area contributed by atoms with Crippen LogP contribution in [0.15, 0.2) is 30.5 Å². The zero-order valence-electron chi connectivity index (χ0n) is 14.5. The molecule has 2 aromatic rings. The van der Waals surface area contributed by atoms with Crippen molar-refractivity contribution in [2.24, 2.45) is 0 Å². The van der Waals surface area contributed by atoms with E-state index in [4.69, 9.17) is 9.47 Å². The monoisotopic (exact) mass is 329 g/mol. The molecule has 0 aliphatic rings. The van der Waals surface area contributed by atoms with E-state index in [0.717, 1.165) is 33.9 Å². The van der Waals surface area contributed by atoms with Crippen molar-refractivity contribution in [1.29, 1.82) is 0 Å². The number of hydrogen-bond acceptors (Lipinski definition) is 4. The molecule has 0 aliphatic heterocycles. The largest absolute Gasteiger partial charge is 0.497 e. The molecule has 2 amide bonds. The lowest BCUT2D eigenvalue weighted by Crippen LogP contribution is -2.35. The van der Waals surface area contributed by atoms with E-state index in [2.05, 4.69) is 15.6 Å². The first-order valence-corrected chi connectivity index (χ1v) is 7.68. The second kappa shape index (κ2) is 8.19. The number of hydrogen-bond donors (Lipinski definition) is 2. The van der Waals surface area contributed by atoms with Crippen molar-refractivity contribution < 1.29 is 14.3 Å². The molecule has 128 valence electrons. The van der Waals surface area contributed by atoms with Gasteiger partial charge in [0.1, 0.15) is 11.5 Å². The zero-order chi connectivity index (χ0) is 17.5. The van der Waals surface area contributed by atoms with Crippen LogP contribution in [0.5, 0.6) is 11.5 Å². The van der Waals surface area contributed by atoms with Gasteiger partial charge < -0.3 is 20.1 Å². The van der Waals surface area contributed by atoms with E-state index < -0.39 is 0 Å². The van der Waals surface area contributed by atoms with Crippen LogP contribution in [0.4, 0.5) is 4.79 Å². The summed E-state index contributed by atoms with van der Waals surface area (Å²) in [6, 6.07) is 7.32. The molecule has 0 unspecified atom stereocenters. The molecule has 1 aromatic carbocycles. The maximum Gasteiger partial charge on any atom is 0.315 e. The number of aromatic nitrogens is 1. The number of benzene rings is 1. The lowest BCUT2D eigenvalue weighted by Gasteiger charge is -2.13. The van der Waals surface area contributed by atoms with Crippen LogP contribution in [0.3, 0.4) is 0 Å². The van der Waals surface area contributed by atoms with Crippen molar-refractivity contribution in [1.82, 2.24) is 15.6 Å². The molecule has 0 saturated heterocycles. The second-order valence-electron chi connectivity index (χ2n) is 5.43. The third kappa shape index (κ3) is 4.38. The molecular formula is C18H23N3O3. The topological polar surface area (TPSA) is 72.5 Å². The number of aryl methyl sites for hydroxylation is 1. The van der Waals surface area contributed by atoms with Crippen molar-refractivity contribution in [3.8, 4) is 11.5 Å². The number of carbonyl (C=O) groups is 1. The number of ether oxygens (including phenoxy) is 2. The average molecular weight is 329 g/mol. The third-order valence-corrected chi connectivity index (χ3v) is 3.75. The van der Waals surface area contributed by atoms with Gasteiger partial charge in [-0.1, -0.05) is 12.1 Å². The summed E-state index contributed by atoms with van der Waals surface area (Å²) in [7, 11) is 3.25. The Hall–Kier alpha value is -2.76. The fourth-order valence-electron chi connectivity index (χ4n) is 2.44. The molecule has 0 fully saturated rings. The van der Waals surface area contributed by atoms with E-state index in [1.165, 1.54) is 0 Å². The highest BCUT2D eigenvalue weighted by atomic mass is 16.5. The molecule has 0 radical (unpaired) electrons. The van der Waals surface area contributed by atoms with Gasteiger partial charge in [0, 0.05) is 23.9 Å². The molecular weight excluding hydrogens is 306 g/mol. The van der Waals surface area contributed by atoms with Crippen LogP contribution in [0, 0.1) is 13.8 Å². The van der Waals surface area contributed by atoms with E-state index in [-0.39, 0.29) is 6.03 Å². The lowest BCUT2D eigenvalue weighted by atomic mass is 10.1. The van der Waals surface area contributed by atoms with Crippen LogP contribution in [0.1, 0.15) is 22.4 Å². The maximum absolute atomic E-state index is 12.0. The molecule has 2 rings (SSSR count). The van der Waals surface area contributed by atoms with Crippen molar-refractivity contribution in [3.63, 3.8) is 0 Å². The summed E-state index contributed by atoms with van der Waals surface area (Å²) in [5.41, 5.74) is 3.66. The summed E-state index contributed by atoms with van der Waals surface area (Å²) in [4.78, 5) is 16.3. The van der Waals surface area contributed by atoms with Crippen molar-refractivity contribution >= 4 is 6.03 Å². The Kier molecular flexibility index (Phi) is 6.01. The highest BCUT2D eigenvalue weighted by Crippen LogP contribution is 2.23. The Morgan fingerprint density at radius 3 is 2.58 bits per heavy atom. The highest BCUT2D eigenvalue weighted by molar-refractivity contribution is 5.73. The van der Waals surface area contributed by atoms with Gasteiger partial charge in [-0.05, 0) is 31.5 Å². The Balaban J connectivity index is 1.89. The number of nitrogens with zero attached hydrogens (tertiary/aromatic N) is 1. The number of amides is 2. The van der Waals surface area contributed by atoms with Crippen molar-refractivity contribution in [2.75, 3.05) is 14.2 Å². The second-order valence-corrected chi connectivity index (χ2v) is 5.43. The van der Waals surface area contributed by atoms with Gasteiger partial charge in [0.15, 0.2) is 0 Å². The van der Waals surface area contributed by atoms with Gasteiger partial charge >= 0.3 is 6.03 Å². The van der Waals surface area contributed by atoms with Crippen LogP contribution in [0.2, 0.25) is 0 Å². The summed E-state index contributed by atoms with van der Waals surface area (Å²) in [6.07, 6.45) is 1.75. The predicted octanol–water partition coefficient (Wildman–Crippen LogP) is 2.72. The fourth-order valence-corrected chi connectivity index (χ4v) is 2.44. The van der Waals surface area contributed by atoms with Gasteiger partial charge in [-0.3, -0.25) is 4.98 Å². The summed E-state index contributed by atoms with van der Waals surface area (Å²) < 4.78 is 10.5. The van der Waals surface area contributed by atoms with Crippen LogP contribution in [0.25, 0.3) is 0 Å². The van der Waals surface area contributed by atoms with Crippen LogP contribution in [-0.2, 0) is 13.1 Å². The minimum absolute atomic E-state index is 0.251. The number of pyridine rings is 1. The average Bonchev–Trinajstić information content (AvgIpc) is 2.60. The summed E-state index contributed by atoms with van der Waals surface area (Å²) >= 11 is 0. The number of nitrogens with one attached hydrogen (secondary N) is 2. The SMILES string of the molecule is COc1cccc(CNC(=O)NCc2ncc(C)c(OC)c2C)c1. The van der Waals surface area contributed by atoms with Gasteiger partial charge in [-0.2, -0.15) is 0 Å². The molecule has 6 nitrogen and oxygen atoms in total. The van der Waals surface area contributed by atoms with E-state index in [1.54, 1.807) is 20.4 Å². The fraction of sp³-hybridized carbons (Fsp3) is 0.333. The van der Waals surface area contributed by atoms with Gasteiger partial charge in [-0.15, -0.1) is 0 Å². The van der Waals surface area contributed by atoms with E-state index >= 15 is 0 Å². The van der Waals surface area contributed by atoms with E-state index in [1.807, 2.05) is 38.1 Å². The third-order valence-electron chi connectivity index (χ3n) is 3.75. The standard InChI is InChI=1S/C18H23N3O3/c1-12-9-19-16(13(2)17(12)24-4)11-21-18(22)20-10-14-6-5-7-15(8-14)23-3/h5-9H,10-11H2,1-4H3,(H2,20,21,22). The molecule has 6 heteroatoms. The molecule has 0 atom stereocenters. The van der Waals surface area contributed by atoms with E-state index in [9.17, 15) is 4.79 Å². The molecule has 0 saturated carbocycles. The molecule has 1 heterocycles. The summed E-state index contributed by atoms with van der Waals surface area (Å²) in [5.74, 6) is 1.57. The normalized spacial score (nSPS) is 10.2. The minimum Gasteiger partial charge on any atom is -0.497 e. The van der Waals surface area contributed by atoms with Crippen LogP contribution in [-0.4, -0.2) is 25.2 Å². The molecule has 0 spiro atoms. The predicted molar refractivity (Wildman–Crippen MR) is 92.3 cm³/mol. The number of methoxy groups -OCH3 is 2. The molecule has 24 heavy (non-hydrogen) atoms. The maximum atomic E-state index is 12.0. The minimum atomic E-state index is -0.251. The number of carbonyl (C=O) groups excluding carboxylic acids is 1. The molecule has 2 N–H and O–H groups in total. The Labute approximate surface area is 142 Å². The van der Waals surface area contributed by atoms with Crippen molar-refractivity contribution in [3.05, 3.63) is 52.8 Å². The number of urea groups is 1. The zero-order valence-corrected chi connectivity index (χ0v) is 14.5. The summed E-state index contributed by atoms with van der Waals surface area (Å²) in [6.45, 7) is 4.64. The number of rotatable bonds is 6. The lowest BCUT2D eigenvalue weighted by molar-refractivity contribution is 0.240. The molecule has 1 aromatic heterocycles.